The van der Waals surface area contributed by atoms with Crippen LogP contribution in [0.1, 0.15) is 31.7 Å². The Hall–Kier alpha value is -1.35. The molecule has 0 heterocycles. The van der Waals surface area contributed by atoms with Crippen LogP contribution in [-0.4, -0.2) is 29.9 Å². The maximum Gasteiger partial charge on any atom is 0.217 e. The number of nitrogens with zero attached hydrogens (tertiary/aromatic N) is 1. The molecule has 0 aromatic heterocycles. The SMILES string of the molecule is CC(=O)N[C@@H]1CCC[C@H]1N(C)Cc1ccccc1. The third-order valence-electron chi connectivity index (χ3n) is 3.71. The summed E-state index contributed by atoms with van der Waals surface area (Å²) in [5.74, 6) is 0.0833. The van der Waals surface area contributed by atoms with Gasteiger partial charge in [-0.3, -0.25) is 9.69 Å². The summed E-state index contributed by atoms with van der Waals surface area (Å²) in [5.41, 5.74) is 1.33. The van der Waals surface area contributed by atoms with E-state index in [1.54, 1.807) is 6.92 Å². The molecule has 0 aliphatic heterocycles. The van der Waals surface area contributed by atoms with Gasteiger partial charge in [-0.1, -0.05) is 30.3 Å². The van der Waals surface area contributed by atoms with E-state index in [1.807, 2.05) is 6.07 Å². The third kappa shape index (κ3) is 3.33. The average molecular weight is 246 g/mol. The molecule has 3 heteroatoms. The van der Waals surface area contributed by atoms with Crippen molar-refractivity contribution < 1.29 is 4.79 Å². The summed E-state index contributed by atoms with van der Waals surface area (Å²) in [5, 5.41) is 3.08. The van der Waals surface area contributed by atoms with Crippen LogP contribution >= 0.6 is 0 Å². The number of carbonyl (C=O) groups is 1. The van der Waals surface area contributed by atoms with Crippen molar-refractivity contribution in [1.29, 1.82) is 0 Å². The second-order valence-electron chi connectivity index (χ2n) is 5.21. The number of carbonyl (C=O) groups excluding carboxylic acids is 1. The van der Waals surface area contributed by atoms with Crippen LogP contribution in [0.25, 0.3) is 0 Å². The lowest BCUT2D eigenvalue weighted by Gasteiger charge is -2.30. The molecule has 1 aromatic rings. The lowest BCUT2D eigenvalue weighted by atomic mass is 10.1. The van der Waals surface area contributed by atoms with E-state index in [-0.39, 0.29) is 5.91 Å². The molecule has 3 nitrogen and oxygen atoms in total. The van der Waals surface area contributed by atoms with Crippen molar-refractivity contribution >= 4 is 5.91 Å². The quantitative estimate of drug-likeness (QED) is 0.883. The summed E-state index contributed by atoms with van der Waals surface area (Å²) in [6, 6.07) is 11.3. The first kappa shape index (κ1) is 13.1. The third-order valence-corrected chi connectivity index (χ3v) is 3.71. The minimum Gasteiger partial charge on any atom is -0.352 e. The highest BCUT2D eigenvalue weighted by Gasteiger charge is 2.30. The van der Waals surface area contributed by atoms with E-state index in [9.17, 15) is 4.79 Å². The molecule has 2 atom stereocenters. The van der Waals surface area contributed by atoms with Gasteiger partial charge < -0.3 is 5.32 Å². The number of rotatable bonds is 4. The highest BCUT2D eigenvalue weighted by Crippen LogP contribution is 2.24. The van der Waals surface area contributed by atoms with Crippen molar-refractivity contribution in [2.75, 3.05) is 7.05 Å². The molecule has 0 spiro atoms. The van der Waals surface area contributed by atoms with Crippen LogP contribution in [0.5, 0.6) is 0 Å². The highest BCUT2D eigenvalue weighted by atomic mass is 16.1. The zero-order valence-corrected chi connectivity index (χ0v) is 11.2. The maximum absolute atomic E-state index is 11.2. The molecular formula is C15H22N2O. The molecule has 1 aliphatic rings. The second-order valence-corrected chi connectivity index (χ2v) is 5.21. The van der Waals surface area contributed by atoms with Gasteiger partial charge in [0.2, 0.25) is 5.91 Å². The normalized spacial score (nSPS) is 23.3. The number of benzene rings is 1. The molecule has 1 amide bonds. The van der Waals surface area contributed by atoms with Crippen molar-refractivity contribution in [3.05, 3.63) is 35.9 Å². The van der Waals surface area contributed by atoms with Crippen LogP contribution in [0.4, 0.5) is 0 Å². The average Bonchev–Trinajstić information content (AvgIpc) is 2.77. The number of hydrogen-bond acceptors (Lipinski definition) is 2. The standard InChI is InChI=1S/C15H22N2O/c1-12(18)16-14-9-6-10-15(14)17(2)11-13-7-4-3-5-8-13/h3-5,7-8,14-15H,6,9-11H2,1-2H3,(H,16,18)/t14-,15-/m1/s1. The van der Waals surface area contributed by atoms with Crippen LogP contribution in [0, 0.1) is 0 Å². The minimum absolute atomic E-state index is 0.0833. The van der Waals surface area contributed by atoms with Crippen molar-refractivity contribution in [2.45, 2.75) is 44.8 Å². The van der Waals surface area contributed by atoms with Crippen molar-refractivity contribution in [3.8, 4) is 0 Å². The molecule has 2 rings (SSSR count). The summed E-state index contributed by atoms with van der Waals surface area (Å²) in [6.45, 7) is 2.55. The summed E-state index contributed by atoms with van der Waals surface area (Å²) >= 11 is 0. The highest BCUT2D eigenvalue weighted by molar-refractivity contribution is 5.73. The topological polar surface area (TPSA) is 32.3 Å². The van der Waals surface area contributed by atoms with Crippen LogP contribution in [0.2, 0.25) is 0 Å². The molecule has 18 heavy (non-hydrogen) atoms. The van der Waals surface area contributed by atoms with Crippen LogP contribution in [-0.2, 0) is 11.3 Å². The summed E-state index contributed by atoms with van der Waals surface area (Å²) in [7, 11) is 2.15. The fourth-order valence-corrected chi connectivity index (χ4v) is 2.89. The van der Waals surface area contributed by atoms with Gasteiger partial charge in [-0.2, -0.15) is 0 Å². The Morgan fingerprint density at radius 2 is 2.06 bits per heavy atom. The summed E-state index contributed by atoms with van der Waals surface area (Å²) in [4.78, 5) is 13.6. The predicted molar refractivity (Wildman–Crippen MR) is 73.2 cm³/mol. The monoisotopic (exact) mass is 246 g/mol. The summed E-state index contributed by atoms with van der Waals surface area (Å²) in [6.07, 6.45) is 3.48. The largest absolute Gasteiger partial charge is 0.352 e. The minimum atomic E-state index is 0.0833. The van der Waals surface area contributed by atoms with Gasteiger partial charge in [0.15, 0.2) is 0 Å². The van der Waals surface area contributed by atoms with Gasteiger partial charge in [0, 0.05) is 25.6 Å². The van der Waals surface area contributed by atoms with Gasteiger partial charge in [-0.15, -0.1) is 0 Å². The van der Waals surface area contributed by atoms with E-state index in [4.69, 9.17) is 0 Å². The van der Waals surface area contributed by atoms with Gasteiger partial charge in [0.25, 0.3) is 0 Å². The molecule has 98 valence electrons. The smallest absolute Gasteiger partial charge is 0.217 e. The van der Waals surface area contributed by atoms with Gasteiger partial charge in [-0.25, -0.2) is 0 Å². The molecule has 1 aromatic carbocycles. The molecule has 1 N–H and O–H groups in total. The van der Waals surface area contributed by atoms with E-state index in [2.05, 4.69) is 41.5 Å². The van der Waals surface area contributed by atoms with Gasteiger partial charge in [-0.05, 0) is 31.9 Å². The molecule has 1 aliphatic carbocycles. The first-order chi connectivity index (χ1) is 8.66. The number of likely N-dealkylation sites (N-methyl/N-ethyl adjacent to an activating group) is 1. The van der Waals surface area contributed by atoms with Crippen molar-refractivity contribution in [3.63, 3.8) is 0 Å². The Bertz CT molecular complexity index is 391. The molecule has 0 bridgehead atoms. The van der Waals surface area contributed by atoms with Crippen molar-refractivity contribution in [2.24, 2.45) is 0 Å². The predicted octanol–water partition coefficient (Wildman–Crippen LogP) is 2.18. The zero-order chi connectivity index (χ0) is 13.0. The van der Waals surface area contributed by atoms with E-state index >= 15 is 0 Å². The molecule has 0 unspecified atom stereocenters. The maximum atomic E-state index is 11.2. The molecular weight excluding hydrogens is 224 g/mol. The lowest BCUT2D eigenvalue weighted by molar-refractivity contribution is -0.120. The van der Waals surface area contributed by atoms with Crippen LogP contribution in [0.3, 0.4) is 0 Å². The van der Waals surface area contributed by atoms with Crippen LogP contribution < -0.4 is 5.32 Å². The lowest BCUT2D eigenvalue weighted by Crippen LogP contribution is -2.46. The number of nitrogens with one attached hydrogen (secondary N) is 1. The number of hydrogen-bond donors (Lipinski definition) is 1. The zero-order valence-electron chi connectivity index (χ0n) is 11.2. The van der Waals surface area contributed by atoms with Gasteiger partial charge in [0.1, 0.15) is 0 Å². The Labute approximate surface area is 109 Å². The first-order valence-electron chi connectivity index (χ1n) is 6.68. The molecule has 0 saturated heterocycles. The Morgan fingerprint density at radius 3 is 2.72 bits per heavy atom. The van der Waals surface area contributed by atoms with Gasteiger partial charge in [0.05, 0.1) is 0 Å². The molecule has 1 saturated carbocycles. The Kier molecular flexibility index (Phi) is 4.37. The molecule has 1 fully saturated rings. The van der Waals surface area contributed by atoms with E-state index in [1.165, 1.54) is 18.4 Å². The summed E-state index contributed by atoms with van der Waals surface area (Å²) < 4.78 is 0. The van der Waals surface area contributed by atoms with E-state index < -0.39 is 0 Å². The number of amides is 1. The van der Waals surface area contributed by atoms with Gasteiger partial charge >= 0.3 is 0 Å². The molecule has 0 radical (unpaired) electrons. The van der Waals surface area contributed by atoms with E-state index in [0.717, 1.165) is 13.0 Å². The Morgan fingerprint density at radius 1 is 1.33 bits per heavy atom. The first-order valence-corrected chi connectivity index (χ1v) is 6.68. The fourth-order valence-electron chi connectivity index (χ4n) is 2.89. The fraction of sp³-hybridized carbons (Fsp3) is 0.533. The van der Waals surface area contributed by atoms with E-state index in [0.29, 0.717) is 12.1 Å². The second kappa shape index (κ2) is 6.01. The van der Waals surface area contributed by atoms with Crippen molar-refractivity contribution in [1.82, 2.24) is 10.2 Å². The Balaban J connectivity index is 1.95. The van der Waals surface area contributed by atoms with Crippen LogP contribution in [0.15, 0.2) is 30.3 Å².